The fraction of sp³-hybridized carbons (Fsp3) is 0.600. The molecule has 0 aromatic carbocycles. The maximum absolute atomic E-state index is 12.5. The third kappa shape index (κ3) is 3.20. The molecular formula is C15H22N2O2S. The zero-order chi connectivity index (χ0) is 14.7. The van der Waals surface area contributed by atoms with Crippen molar-refractivity contribution in [3.8, 4) is 0 Å². The van der Waals surface area contributed by atoms with Gasteiger partial charge in [-0.1, -0.05) is 19.9 Å². The van der Waals surface area contributed by atoms with Gasteiger partial charge in [-0.3, -0.25) is 9.59 Å². The first-order chi connectivity index (χ1) is 9.50. The molecule has 110 valence electrons. The standard InChI is InChI=1S/C15H22N2O2S/c1-10(2)14(17-8-4-7-13(17)18)15(19)16-11(3)12-6-5-9-20-12/h5-6,9-11,14H,4,7-8H2,1-3H3,(H,16,19)/t11-,14+/m1/s1. The van der Waals surface area contributed by atoms with Gasteiger partial charge >= 0.3 is 0 Å². The van der Waals surface area contributed by atoms with E-state index < -0.39 is 0 Å². The number of nitrogens with zero attached hydrogens (tertiary/aromatic N) is 1. The summed E-state index contributed by atoms with van der Waals surface area (Å²) in [4.78, 5) is 27.3. The van der Waals surface area contributed by atoms with Crippen LogP contribution in [0.5, 0.6) is 0 Å². The van der Waals surface area contributed by atoms with Gasteiger partial charge in [-0.05, 0) is 30.7 Å². The summed E-state index contributed by atoms with van der Waals surface area (Å²) in [6.45, 7) is 6.66. The number of nitrogens with one attached hydrogen (secondary N) is 1. The first kappa shape index (κ1) is 15.0. The van der Waals surface area contributed by atoms with Crippen molar-refractivity contribution in [1.82, 2.24) is 10.2 Å². The first-order valence-electron chi connectivity index (χ1n) is 7.14. The van der Waals surface area contributed by atoms with Crippen molar-refractivity contribution in [2.24, 2.45) is 5.92 Å². The Bertz CT molecular complexity index is 470. The van der Waals surface area contributed by atoms with Crippen molar-refractivity contribution < 1.29 is 9.59 Å². The highest BCUT2D eigenvalue weighted by atomic mass is 32.1. The fourth-order valence-electron chi connectivity index (χ4n) is 2.67. The third-order valence-electron chi connectivity index (χ3n) is 3.67. The van der Waals surface area contributed by atoms with E-state index in [-0.39, 0.29) is 29.8 Å². The minimum absolute atomic E-state index is 0.0125. The Labute approximate surface area is 124 Å². The predicted molar refractivity (Wildman–Crippen MR) is 80.4 cm³/mol. The Kier molecular flexibility index (Phi) is 4.81. The molecule has 1 fully saturated rings. The number of likely N-dealkylation sites (tertiary alicyclic amines) is 1. The molecule has 1 aliphatic rings. The Morgan fingerprint density at radius 1 is 1.40 bits per heavy atom. The van der Waals surface area contributed by atoms with Gasteiger partial charge in [0.05, 0.1) is 6.04 Å². The third-order valence-corrected chi connectivity index (χ3v) is 4.73. The molecule has 0 unspecified atom stereocenters. The number of rotatable bonds is 5. The molecule has 5 heteroatoms. The van der Waals surface area contributed by atoms with E-state index in [1.54, 1.807) is 16.2 Å². The summed E-state index contributed by atoms with van der Waals surface area (Å²) >= 11 is 1.63. The molecule has 0 aliphatic carbocycles. The Morgan fingerprint density at radius 3 is 2.65 bits per heavy atom. The summed E-state index contributed by atoms with van der Waals surface area (Å²) in [5, 5.41) is 5.04. The Hall–Kier alpha value is -1.36. The summed E-state index contributed by atoms with van der Waals surface area (Å²) < 4.78 is 0. The monoisotopic (exact) mass is 294 g/mol. The van der Waals surface area contributed by atoms with Crippen molar-refractivity contribution in [2.45, 2.75) is 45.7 Å². The van der Waals surface area contributed by atoms with E-state index in [9.17, 15) is 9.59 Å². The zero-order valence-electron chi connectivity index (χ0n) is 12.3. The van der Waals surface area contributed by atoms with E-state index in [2.05, 4.69) is 5.32 Å². The van der Waals surface area contributed by atoms with E-state index >= 15 is 0 Å². The molecule has 1 aromatic rings. The molecule has 0 saturated carbocycles. The molecule has 2 atom stereocenters. The lowest BCUT2D eigenvalue weighted by atomic mass is 10.0. The molecule has 1 aromatic heterocycles. The van der Waals surface area contributed by atoms with Crippen LogP contribution in [0.25, 0.3) is 0 Å². The minimum Gasteiger partial charge on any atom is -0.347 e. The second kappa shape index (κ2) is 6.39. The average Bonchev–Trinajstić information content (AvgIpc) is 3.01. The van der Waals surface area contributed by atoms with Crippen molar-refractivity contribution in [1.29, 1.82) is 0 Å². The smallest absolute Gasteiger partial charge is 0.243 e. The summed E-state index contributed by atoms with van der Waals surface area (Å²) in [7, 11) is 0. The highest BCUT2D eigenvalue weighted by Gasteiger charge is 2.35. The Balaban J connectivity index is 2.06. The molecule has 1 aliphatic heterocycles. The molecular weight excluding hydrogens is 272 g/mol. The van der Waals surface area contributed by atoms with Crippen molar-refractivity contribution in [2.75, 3.05) is 6.54 Å². The number of carbonyl (C=O) groups is 2. The van der Waals surface area contributed by atoms with Crippen LogP contribution in [0, 0.1) is 5.92 Å². The molecule has 4 nitrogen and oxygen atoms in total. The average molecular weight is 294 g/mol. The molecule has 20 heavy (non-hydrogen) atoms. The van der Waals surface area contributed by atoms with Gasteiger partial charge < -0.3 is 10.2 Å². The van der Waals surface area contributed by atoms with Crippen LogP contribution >= 0.6 is 11.3 Å². The number of hydrogen-bond donors (Lipinski definition) is 1. The quantitative estimate of drug-likeness (QED) is 0.907. The van der Waals surface area contributed by atoms with Gasteiger partial charge in [-0.25, -0.2) is 0 Å². The molecule has 2 rings (SSSR count). The van der Waals surface area contributed by atoms with Gasteiger partial charge in [-0.15, -0.1) is 11.3 Å². The van der Waals surface area contributed by atoms with Crippen molar-refractivity contribution >= 4 is 23.2 Å². The second-order valence-corrected chi connectivity index (χ2v) is 6.60. The second-order valence-electron chi connectivity index (χ2n) is 5.63. The molecule has 2 heterocycles. The van der Waals surface area contributed by atoms with E-state index in [1.165, 1.54) is 0 Å². The van der Waals surface area contributed by atoms with Crippen LogP contribution in [0.2, 0.25) is 0 Å². The van der Waals surface area contributed by atoms with Crippen LogP contribution in [0.4, 0.5) is 0 Å². The number of thiophene rings is 1. The predicted octanol–water partition coefficient (Wildman–Crippen LogP) is 2.57. The topological polar surface area (TPSA) is 49.4 Å². The molecule has 1 saturated heterocycles. The minimum atomic E-state index is -0.354. The van der Waals surface area contributed by atoms with Gasteiger partial charge in [0.25, 0.3) is 0 Å². The van der Waals surface area contributed by atoms with E-state index in [1.807, 2.05) is 38.3 Å². The SMILES string of the molecule is CC(C)[C@@H](C(=O)N[C@H](C)c1cccs1)N1CCCC1=O. The summed E-state index contributed by atoms with van der Waals surface area (Å²) in [5.41, 5.74) is 0. The lowest BCUT2D eigenvalue weighted by molar-refractivity contribution is -0.139. The van der Waals surface area contributed by atoms with Crippen molar-refractivity contribution in [3.63, 3.8) is 0 Å². The highest BCUT2D eigenvalue weighted by molar-refractivity contribution is 7.10. The van der Waals surface area contributed by atoms with Crippen LogP contribution in [0.15, 0.2) is 17.5 Å². The van der Waals surface area contributed by atoms with Gasteiger partial charge in [0.1, 0.15) is 6.04 Å². The molecule has 0 radical (unpaired) electrons. The summed E-state index contributed by atoms with van der Waals surface area (Å²) in [6.07, 6.45) is 1.42. The fourth-order valence-corrected chi connectivity index (χ4v) is 3.41. The number of hydrogen-bond acceptors (Lipinski definition) is 3. The summed E-state index contributed by atoms with van der Waals surface area (Å²) in [6, 6.07) is 3.63. The van der Waals surface area contributed by atoms with Crippen molar-refractivity contribution in [3.05, 3.63) is 22.4 Å². The normalized spacial score (nSPS) is 18.4. The van der Waals surface area contributed by atoms with Crippen LogP contribution in [0.3, 0.4) is 0 Å². The number of carbonyl (C=O) groups excluding carboxylic acids is 2. The van der Waals surface area contributed by atoms with Gasteiger partial charge in [0, 0.05) is 17.8 Å². The molecule has 0 bridgehead atoms. The summed E-state index contributed by atoms with van der Waals surface area (Å²) in [5.74, 6) is 0.173. The highest BCUT2D eigenvalue weighted by Crippen LogP contribution is 2.22. The molecule has 2 amide bonds. The van der Waals surface area contributed by atoms with Crippen LogP contribution < -0.4 is 5.32 Å². The lowest BCUT2D eigenvalue weighted by Gasteiger charge is -2.30. The molecule has 1 N–H and O–H groups in total. The van der Waals surface area contributed by atoms with Crippen LogP contribution in [-0.2, 0) is 9.59 Å². The van der Waals surface area contributed by atoms with Crippen LogP contribution in [0.1, 0.15) is 44.5 Å². The first-order valence-corrected chi connectivity index (χ1v) is 8.02. The van der Waals surface area contributed by atoms with Crippen LogP contribution in [-0.4, -0.2) is 29.3 Å². The zero-order valence-corrected chi connectivity index (χ0v) is 13.1. The van der Waals surface area contributed by atoms with Gasteiger partial charge in [0.2, 0.25) is 11.8 Å². The Morgan fingerprint density at radius 2 is 2.15 bits per heavy atom. The maximum atomic E-state index is 12.5. The van der Waals surface area contributed by atoms with E-state index in [0.29, 0.717) is 13.0 Å². The lowest BCUT2D eigenvalue weighted by Crippen LogP contribution is -2.50. The molecule has 0 spiro atoms. The maximum Gasteiger partial charge on any atom is 0.243 e. The van der Waals surface area contributed by atoms with Gasteiger partial charge in [-0.2, -0.15) is 0 Å². The van der Waals surface area contributed by atoms with E-state index in [4.69, 9.17) is 0 Å². The van der Waals surface area contributed by atoms with Gasteiger partial charge in [0.15, 0.2) is 0 Å². The largest absolute Gasteiger partial charge is 0.347 e. The van der Waals surface area contributed by atoms with E-state index in [0.717, 1.165) is 11.3 Å². The number of amides is 2.